The van der Waals surface area contributed by atoms with Gasteiger partial charge < -0.3 is 0 Å². The van der Waals surface area contributed by atoms with Crippen molar-refractivity contribution in [2.45, 2.75) is 6.17 Å². The maximum Gasteiger partial charge on any atom is 0.195 e. The SMILES string of the molecule is Fc1cccc(-n2cc(N3C=NC4c5ccccc5-n5cncc5N43)nn2)c1. The minimum Gasteiger partial charge on any atom is -0.284 e. The molecule has 2 aromatic carbocycles. The molecule has 0 spiro atoms. The highest BCUT2D eigenvalue weighted by molar-refractivity contribution is 5.86. The van der Waals surface area contributed by atoms with Gasteiger partial charge in [-0.05, 0) is 24.3 Å². The Kier molecular flexibility index (Phi) is 2.96. The van der Waals surface area contributed by atoms with E-state index in [0.717, 1.165) is 17.1 Å². The number of nitrogens with zero attached hydrogens (tertiary/aromatic N) is 8. The Bertz CT molecular complexity index is 1230. The van der Waals surface area contributed by atoms with Crippen LogP contribution in [-0.2, 0) is 0 Å². The van der Waals surface area contributed by atoms with Crippen molar-refractivity contribution < 1.29 is 4.39 Å². The Hall–Kier alpha value is -4.01. The van der Waals surface area contributed by atoms with Crippen molar-refractivity contribution in [2.24, 2.45) is 4.99 Å². The van der Waals surface area contributed by atoms with Gasteiger partial charge in [-0.1, -0.05) is 29.5 Å². The zero-order chi connectivity index (χ0) is 18.7. The van der Waals surface area contributed by atoms with Gasteiger partial charge in [-0.25, -0.2) is 29.1 Å². The van der Waals surface area contributed by atoms with Gasteiger partial charge in [-0.3, -0.25) is 4.57 Å². The summed E-state index contributed by atoms with van der Waals surface area (Å²) in [6, 6.07) is 14.3. The average molecular weight is 372 g/mol. The molecule has 0 radical (unpaired) electrons. The van der Waals surface area contributed by atoms with E-state index in [9.17, 15) is 4.39 Å². The topological polar surface area (TPSA) is 67.4 Å². The highest BCUT2D eigenvalue weighted by Crippen LogP contribution is 2.42. The van der Waals surface area contributed by atoms with Crippen LogP contribution in [0.15, 0.2) is 72.2 Å². The molecule has 1 atom stereocenters. The summed E-state index contributed by atoms with van der Waals surface area (Å²) in [7, 11) is 0. The van der Waals surface area contributed by atoms with Gasteiger partial charge in [0.05, 0.1) is 23.8 Å². The zero-order valence-corrected chi connectivity index (χ0v) is 14.5. The third-order valence-corrected chi connectivity index (χ3v) is 4.90. The highest BCUT2D eigenvalue weighted by Gasteiger charge is 2.39. The Morgan fingerprint density at radius 3 is 2.89 bits per heavy atom. The summed E-state index contributed by atoms with van der Waals surface area (Å²) in [5.41, 5.74) is 2.73. The quantitative estimate of drug-likeness (QED) is 0.541. The van der Waals surface area contributed by atoms with Crippen molar-refractivity contribution in [3.05, 3.63) is 78.6 Å². The molecule has 28 heavy (non-hydrogen) atoms. The fourth-order valence-corrected chi connectivity index (χ4v) is 3.65. The van der Waals surface area contributed by atoms with E-state index in [1.54, 1.807) is 37.2 Å². The summed E-state index contributed by atoms with van der Waals surface area (Å²) >= 11 is 0. The smallest absolute Gasteiger partial charge is 0.195 e. The van der Waals surface area contributed by atoms with Gasteiger partial charge in [0.2, 0.25) is 0 Å². The normalized spacial score (nSPS) is 16.8. The molecule has 0 bridgehead atoms. The molecule has 0 aliphatic carbocycles. The maximum atomic E-state index is 13.5. The summed E-state index contributed by atoms with van der Waals surface area (Å²) in [5, 5.41) is 12.2. The van der Waals surface area contributed by atoms with Crippen LogP contribution >= 0.6 is 0 Å². The van der Waals surface area contributed by atoms with Crippen molar-refractivity contribution in [3.8, 4) is 11.4 Å². The van der Waals surface area contributed by atoms with Gasteiger partial charge in [0.1, 0.15) is 18.5 Å². The van der Waals surface area contributed by atoms with E-state index in [2.05, 4.69) is 32.4 Å². The second-order valence-corrected chi connectivity index (χ2v) is 6.51. The number of imidazole rings is 1. The first-order valence-electron chi connectivity index (χ1n) is 8.71. The zero-order valence-electron chi connectivity index (χ0n) is 14.5. The summed E-state index contributed by atoms with van der Waals surface area (Å²) in [6.07, 6.45) is 6.83. The Morgan fingerprint density at radius 2 is 1.96 bits per heavy atom. The van der Waals surface area contributed by atoms with Crippen LogP contribution in [0, 0.1) is 5.82 Å². The summed E-state index contributed by atoms with van der Waals surface area (Å²) in [4.78, 5) is 8.99. The van der Waals surface area contributed by atoms with E-state index in [-0.39, 0.29) is 12.0 Å². The van der Waals surface area contributed by atoms with E-state index in [1.165, 1.54) is 16.8 Å². The molecule has 2 aliphatic heterocycles. The van der Waals surface area contributed by atoms with Crippen LogP contribution in [0.2, 0.25) is 0 Å². The maximum absolute atomic E-state index is 13.5. The van der Waals surface area contributed by atoms with Crippen LogP contribution in [0.4, 0.5) is 16.0 Å². The van der Waals surface area contributed by atoms with Crippen LogP contribution in [0.1, 0.15) is 11.7 Å². The summed E-state index contributed by atoms with van der Waals surface area (Å²) in [6.45, 7) is 0. The number of anilines is 2. The molecule has 0 fully saturated rings. The van der Waals surface area contributed by atoms with Crippen LogP contribution < -0.4 is 10.0 Å². The number of hydrogen-bond donors (Lipinski definition) is 0. The first-order valence-corrected chi connectivity index (χ1v) is 8.71. The monoisotopic (exact) mass is 372 g/mol. The fourth-order valence-electron chi connectivity index (χ4n) is 3.65. The standard InChI is InChI=1S/C19H13FN8/c20-13-4-3-5-14(8-13)26-10-17(23-24-26)27-12-22-19-15-6-1-2-7-16(15)25-11-21-9-18(25)28(19)27/h1-12,19H. The molecule has 1 unspecified atom stereocenters. The van der Waals surface area contributed by atoms with Crippen LogP contribution in [-0.4, -0.2) is 30.9 Å². The molecule has 4 aromatic rings. The lowest BCUT2D eigenvalue weighted by molar-refractivity contribution is 0.624. The van der Waals surface area contributed by atoms with Crippen molar-refractivity contribution in [3.63, 3.8) is 0 Å². The van der Waals surface area contributed by atoms with Gasteiger partial charge in [0.15, 0.2) is 17.8 Å². The van der Waals surface area contributed by atoms with Gasteiger partial charge in [-0.2, -0.15) is 0 Å². The van der Waals surface area contributed by atoms with Crippen molar-refractivity contribution in [2.75, 3.05) is 10.0 Å². The molecule has 8 nitrogen and oxygen atoms in total. The molecule has 0 amide bonds. The molecule has 0 saturated heterocycles. The van der Waals surface area contributed by atoms with Gasteiger partial charge in [0.25, 0.3) is 0 Å². The minimum atomic E-state index is -0.325. The predicted octanol–water partition coefficient (Wildman–Crippen LogP) is 2.87. The van der Waals surface area contributed by atoms with E-state index < -0.39 is 0 Å². The van der Waals surface area contributed by atoms with E-state index in [1.807, 2.05) is 26.7 Å². The number of hydrazine groups is 1. The van der Waals surface area contributed by atoms with Crippen LogP contribution in [0.5, 0.6) is 0 Å². The molecular formula is C19H13FN8. The molecule has 4 heterocycles. The lowest BCUT2D eigenvalue weighted by atomic mass is 10.1. The number of benzene rings is 2. The van der Waals surface area contributed by atoms with Crippen LogP contribution in [0.25, 0.3) is 11.4 Å². The lowest BCUT2D eigenvalue weighted by Crippen LogP contribution is -2.42. The van der Waals surface area contributed by atoms with Crippen molar-refractivity contribution >= 4 is 18.0 Å². The average Bonchev–Trinajstić information content (AvgIpc) is 3.45. The second-order valence-electron chi connectivity index (χ2n) is 6.51. The van der Waals surface area contributed by atoms with Gasteiger partial charge in [0, 0.05) is 5.56 Å². The van der Waals surface area contributed by atoms with Crippen LogP contribution in [0.3, 0.4) is 0 Å². The molecule has 0 saturated carbocycles. The predicted molar refractivity (Wildman–Crippen MR) is 101 cm³/mol. The first-order chi connectivity index (χ1) is 13.8. The number of rotatable bonds is 2. The first kappa shape index (κ1) is 15.1. The Balaban J connectivity index is 1.43. The number of aliphatic imine (C=N–C) groups is 1. The van der Waals surface area contributed by atoms with E-state index in [0.29, 0.717) is 11.5 Å². The highest BCUT2D eigenvalue weighted by atomic mass is 19.1. The Labute approximate surface area is 158 Å². The van der Waals surface area contributed by atoms with E-state index in [4.69, 9.17) is 0 Å². The number of fused-ring (bicyclic) bond motifs is 6. The number of aromatic nitrogens is 5. The third kappa shape index (κ3) is 2.04. The van der Waals surface area contributed by atoms with Crippen molar-refractivity contribution in [1.29, 1.82) is 0 Å². The number of para-hydroxylation sites is 1. The van der Waals surface area contributed by atoms with Gasteiger partial charge in [-0.15, -0.1) is 5.10 Å². The molecule has 2 aliphatic rings. The third-order valence-electron chi connectivity index (χ3n) is 4.90. The molecule has 6 rings (SSSR count). The summed E-state index contributed by atoms with van der Waals surface area (Å²) in [5.74, 6) is 1.12. The molecule has 2 aromatic heterocycles. The number of halogens is 1. The largest absolute Gasteiger partial charge is 0.284 e. The molecule has 136 valence electrons. The molecule has 0 N–H and O–H groups in total. The molecular weight excluding hydrogens is 359 g/mol. The van der Waals surface area contributed by atoms with Crippen molar-refractivity contribution in [1.82, 2.24) is 24.5 Å². The van der Waals surface area contributed by atoms with E-state index >= 15 is 0 Å². The fraction of sp³-hybridized carbons (Fsp3) is 0.0526. The lowest BCUT2D eigenvalue weighted by Gasteiger charge is -2.36. The molecule has 9 heteroatoms. The van der Waals surface area contributed by atoms with Gasteiger partial charge >= 0.3 is 0 Å². The summed E-state index contributed by atoms with van der Waals surface area (Å²) < 4.78 is 17.1. The number of hydrogen-bond acceptors (Lipinski definition) is 6. The Morgan fingerprint density at radius 1 is 1.04 bits per heavy atom. The minimum absolute atomic E-state index is 0.209. The second kappa shape index (κ2) is 5.49.